The Kier molecular flexibility index (Phi) is 5.13. The van der Waals surface area contributed by atoms with Crippen molar-refractivity contribution in [3.05, 3.63) is 102 Å². The summed E-state index contributed by atoms with van der Waals surface area (Å²) >= 11 is 0. The topological polar surface area (TPSA) is 23.9 Å². The smallest absolute Gasteiger partial charge is 0.0261 e. The fraction of sp³-hybridized carbons (Fsp3) is 0. The van der Waals surface area contributed by atoms with Gasteiger partial charge in [0.05, 0.1) is 0 Å². The summed E-state index contributed by atoms with van der Waals surface area (Å²) in [5.74, 6) is 0. The molecule has 0 saturated carbocycles. The molecule has 0 aliphatic rings. The summed E-state index contributed by atoms with van der Waals surface area (Å²) in [4.78, 5) is 0. The van der Waals surface area contributed by atoms with Crippen LogP contribution in [0.25, 0.3) is 6.08 Å². The molecule has 3 aromatic carbocycles. The third-order valence-electron chi connectivity index (χ3n) is 3.55. The predicted molar refractivity (Wildman–Crippen MR) is 102 cm³/mol. The predicted octanol–water partition coefficient (Wildman–Crippen LogP) is 4.81. The maximum absolute atomic E-state index is 7.96. The second-order valence-electron chi connectivity index (χ2n) is 5.13. The molecule has 0 aromatic heterocycles. The second kappa shape index (κ2) is 7.67. The lowest BCUT2D eigenvalue weighted by Gasteiger charge is -2.19. The lowest BCUT2D eigenvalue weighted by Crippen LogP contribution is -2.13. The Morgan fingerprint density at radius 2 is 1.09 bits per heavy atom. The van der Waals surface area contributed by atoms with Crippen LogP contribution in [0.1, 0.15) is 5.56 Å². The van der Waals surface area contributed by atoms with E-state index in [2.05, 4.69) is 66.7 Å². The molecule has 3 aromatic rings. The monoisotopic (exact) mass is 315 g/mol. The highest BCUT2D eigenvalue weighted by molar-refractivity contribution is 7.77. The highest BCUT2D eigenvalue weighted by atomic mass is 31.1. The van der Waals surface area contributed by atoms with Crippen LogP contribution in [0.3, 0.4) is 0 Å². The average Bonchev–Trinajstić information content (AvgIpc) is 2.64. The van der Waals surface area contributed by atoms with Crippen LogP contribution in [0.4, 0.5) is 0 Å². The van der Waals surface area contributed by atoms with E-state index in [4.69, 9.17) is 5.41 Å². The molecule has 2 heteroatoms. The molecule has 0 amide bonds. The molecule has 0 heterocycles. The molecule has 0 fully saturated rings. The van der Waals surface area contributed by atoms with Gasteiger partial charge in [-0.05, 0) is 30.2 Å². The van der Waals surface area contributed by atoms with Crippen LogP contribution in [-0.4, -0.2) is 6.21 Å². The molecule has 0 radical (unpaired) electrons. The Labute approximate surface area is 138 Å². The van der Waals surface area contributed by atoms with Crippen molar-refractivity contribution in [1.82, 2.24) is 0 Å². The van der Waals surface area contributed by atoms with Gasteiger partial charge in [0.25, 0.3) is 0 Å². The summed E-state index contributed by atoms with van der Waals surface area (Å²) in [5, 5.41) is 11.5. The van der Waals surface area contributed by atoms with Crippen molar-refractivity contribution in [2.75, 3.05) is 0 Å². The summed E-state index contributed by atoms with van der Waals surface area (Å²) in [7, 11) is -0.720. The summed E-state index contributed by atoms with van der Waals surface area (Å²) in [6.07, 6.45) is 3.62. The summed E-state index contributed by atoms with van der Waals surface area (Å²) in [6.45, 7) is 0. The van der Waals surface area contributed by atoms with E-state index in [1.165, 1.54) is 16.8 Å². The van der Waals surface area contributed by atoms with Crippen molar-refractivity contribution in [3.63, 3.8) is 0 Å². The van der Waals surface area contributed by atoms with E-state index in [0.717, 1.165) is 10.9 Å². The number of nitrogens with one attached hydrogen (secondary N) is 1. The first-order valence-corrected chi connectivity index (χ1v) is 8.90. The van der Waals surface area contributed by atoms with E-state index in [1.807, 2.05) is 30.3 Å². The molecule has 0 unspecified atom stereocenters. The minimum absolute atomic E-state index is 0.720. The van der Waals surface area contributed by atoms with E-state index in [0.29, 0.717) is 0 Å². The van der Waals surface area contributed by atoms with E-state index in [1.54, 1.807) is 0 Å². The van der Waals surface area contributed by atoms with Gasteiger partial charge in [-0.25, -0.2) is 0 Å². The van der Waals surface area contributed by atoms with E-state index in [-0.39, 0.29) is 0 Å². The molecule has 3 rings (SSSR count). The molecule has 0 spiro atoms. The van der Waals surface area contributed by atoms with Gasteiger partial charge >= 0.3 is 0 Å². The molecule has 0 aliphatic heterocycles. The van der Waals surface area contributed by atoms with Gasteiger partial charge in [-0.15, -0.1) is 0 Å². The van der Waals surface area contributed by atoms with Crippen LogP contribution >= 0.6 is 7.92 Å². The zero-order valence-corrected chi connectivity index (χ0v) is 13.7. The first-order chi connectivity index (χ1) is 11.4. The van der Waals surface area contributed by atoms with Crippen molar-refractivity contribution in [3.8, 4) is 0 Å². The zero-order valence-electron chi connectivity index (χ0n) is 12.8. The van der Waals surface area contributed by atoms with Crippen molar-refractivity contribution in [2.24, 2.45) is 0 Å². The molecule has 0 saturated heterocycles. The summed E-state index contributed by atoms with van der Waals surface area (Å²) in [5.41, 5.74) is 1.13. The molecule has 1 N–H and O–H groups in total. The molecular weight excluding hydrogens is 297 g/mol. The van der Waals surface area contributed by atoms with Crippen LogP contribution in [0.2, 0.25) is 0 Å². The molecule has 0 aliphatic carbocycles. The molecule has 112 valence electrons. The highest BCUT2D eigenvalue weighted by Gasteiger charge is 2.17. The lowest BCUT2D eigenvalue weighted by atomic mass is 10.2. The maximum Gasteiger partial charge on any atom is 0.0261 e. The fourth-order valence-electron chi connectivity index (χ4n) is 2.49. The minimum Gasteiger partial charge on any atom is -0.308 e. The number of rotatable bonds is 5. The average molecular weight is 315 g/mol. The lowest BCUT2D eigenvalue weighted by molar-refractivity contribution is 1.57. The second-order valence-corrected chi connectivity index (χ2v) is 7.35. The SMILES string of the molecule is N=C/C(=C\c1ccccc1)P(c1ccccc1)c1ccccc1. The zero-order chi connectivity index (χ0) is 15.9. The number of hydrogen-bond acceptors (Lipinski definition) is 1. The van der Waals surface area contributed by atoms with Crippen molar-refractivity contribution < 1.29 is 0 Å². The molecule has 0 bridgehead atoms. The highest BCUT2D eigenvalue weighted by Crippen LogP contribution is 2.42. The molecule has 0 atom stereocenters. The van der Waals surface area contributed by atoms with Gasteiger partial charge < -0.3 is 5.41 Å². The Morgan fingerprint density at radius 3 is 1.52 bits per heavy atom. The van der Waals surface area contributed by atoms with Crippen LogP contribution in [-0.2, 0) is 0 Å². The number of allylic oxidation sites excluding steroid dienone is 1. The minimum atomic E-state index is -0.720. The van der Waals surface area contributed by atoms with Gasteiger partial charge in [0.2, 0.25) is 0 Å². The normalized spacial score (nSPS) is 11.4. The van der Waals surface area contributed by atoms with Crippen molar-refractivity contribution in [2.45, 2.75) is 0 Å². The van der Waals surface area contributed by atoms with Gasteiger partial charge in [0.1, 0.15) is 0 Å². The van der Waals surface area contributed by atoms with Crippen LogP contribution < -0.4 is 10.6 Å². The Hall–Kier alpha value is -2.50. The van der Waals surface area contributed by atoms with Gasteiger partial charge in [0.15, 0.2) is 0 Å². The third kappa shape index (κ3) is 3.83. The summed E-state index contributed by atoms with van der Waals surface area (Å²) in [6, 6.07) is 31.2. The fourth-order valence-corrected chi connectivity index (χ4v) is 4.73. The van der Waals surface area contributed by atoms with Crippen LogP contribution in [0, 0.1) is 5.41 Å². The molecule has 1 nitrogen and oxygen atoms in total. The van der Waals surface area contributed by atoms with Crippen molar-refractivity contribution >= 4 is 30.8 Å². The number of hydrogen-bond donors (Lipinski definition) is 1. The van der Waals surface area contributed by atoms with E-state index < -0.39 is 7.92 Å². The Balaban J connectivity index is 2.11. The summed E-state index contributed by atoms with van der Waals surface area (Å²) < 4.78 is 0. The van der Waals surface area contributed by atoms with Gasteiger partial charge in [0, 0.05) is 11.5 Å². The Bertz CT molecular complexity index is 740. The van der Waals surface area contributed by atoms with Gasteiger partial charge in [-0.2, -0.15) is 0 Å². The maximum atomic E-state index is 7.96. The first-order valence-electron chi connectivity index (χ1n) is 7.56. The standard InChI is InChI=1S/C21H18NP/c22-17-21(16-18-10-4-1-5-11-18)23(19-12-6-2-7-13-19)20-14-8-3-9-15-20/h1-17,22H/b21-16+,22-17?. The van der Waals surface area contributed by atoms with E-state index >= 15 is 0 Å². The first kappa shape index (κ1) is 15.4. The Morgan fingerprint density at radius 1 is 0.652 bits per heavy atom. The number of benzene rings is 3. The third-order valence-corrected chi connectivity index (χ3v) is 5.95. The molecule has 23 heavy (non-hydrogen) atoms. The van der Waals surface area contributed by atoms with Gasteiger partial charge in [-0.1, -0.05) is 91.0 Å². The molecular formula is C21H18NP. The van der Waals surface area contributed by atoms with Crippen molar-refractivity contribution in [1.29, 1.82) is 5.41 Å². The van der Waals surface area contributed by atoms with Crippen LogP contribution in [0.5, 0.6) is 0 Å². The quantitative estimate of drug-likeness (QED) is 0.516. The van der Waals surface area contributed by atoms with Crippen LogP contribution in [0.15, 0.2) is 96.3 Å². The largest absolute Gasteiger partial charge is 0.308 e. The van der Waals surface area contributed by atoms with E-state index in [9.17, 15) is 0 Å². The van der Waals surface area contributed by atoms with Gasteiger partial charge in [-0.3, -0.25) is 0 Å².